The van der Waals surface area contributed by atoms with Crippen LogP contribution in [0.1, 0.15) is 22.3 Å². The molecule has 1 heterocycles. The van der Waals surface area contributed by atoms with E-state index in [0.717, 1.165) is 34.4 Å². The average Bonchev–Trinajstić information content (AvgIpc) is 2.58. The normalized spacial score (nSPS) is 11.3. The molecule has 136 valence electrons. The molecule has 26 heavy (non-hydrogen) atoms. The van der Waals surface area contributed by atoms with Gasteiger partial charge >= 0.3 is 5.63 Å². The molecule has 0 aliphatic carbocycles. The first-order chi connectivity index (χ1) is 12.4. The van der Waals surface area contributed by atoms with E-state index in [9.17, 15) is 4.79 Å². The Morgan fingerprint density at radius 3 is 2.50 bits per heavy atom. The Morgan fingerprint density at radius 2 is 1.73 bits per heavy atom. The highest BCUT2D eigenvalue weighted by atomic mass is 16.5. The molecule has 1 aromatic heterocycles. The van der Waals surface area contributed by atoms with Gasteiger partial charge in [0.2, 0.25) is 0 Å². The van der Waals surface area contributed by atoms with Gasteiger partial charge in [0.1, 0.15) is 17.9 Å². The first-order valence-corrected chi connectivity index (χ1v) is 8.85. The smallest absolute Gasteiger partial charge is 0.336 e. The Morgan fingerprint density at radius 1 is 1.00 bits per heavy atom. The molecule has 0 fully saturated rings. The minimum atomic E-state index is -0.305. The summed E-state index contributed by atoms with van der Waals surface area (Å²) < 4.78 is 11.2. The van der Waals surface area contributed by atoms with Crippen LogP contribution in [0.3, 0.4) is 0 Å². The van der Waals surface area contributed by atoms with E-state index in [1.807, 2.05) is 51.2 Å². The third kappa shape index (κ3) is 4.14. The van der Waals surface area contributed by atoms with E-state index in [4.69, 9.17) is 9.15 Å². The van der Waals surface area contributed by atoms with Crippen molar-refractivity contribution in [3.8, 4) is 5.75 Å². The Labute approximate surface area is 154 Å². The molecule has 0 N–H and O–H groups in total. The van der Waals surface area contributed by atoms with Crippen LogP contribution in [-0.4, -0.2) is 25.1 Å². The maximum absolute atomic E-state index is 11.9. The van der Waals surface area contributed by atoms with Crippen molar-refractivity contribution in [1.82, 2.24) is 4.90 Å². The molecule has 4 heteroatoms. The summed E-state index contributed by atoms with van der Waals surface area (Å²) in [4.78, 5) is 14.1. The molecule has 0 saturated carbocycles. The number of nitrogens with zero attached hydrogens (tertiary/aromatic N) is 1. The van der Waals surface area contributed by atoms with Crippen molar-refractivity contribution in [2.45, 2.75) is 27.3 Å². The summed E-state index contributed by atoms with van der Waals surface area (Å²) in [7, 11) is 2.03. The van der Waals surface area contributed by atoms with E-state index < -0.39 is 0 Å². The fourth-order valence-electron chi connectivity index (χ4n) is 3.01. The van der Waals surface area contributed by atoms with Crippen molar-refractivity contribution in [3.05, 3.63) is 75.1 Å². The molecule has 3 rings (SSSR count). The summed E-state index contributed by atoms with van der Waals surface area (Å²) in [5.74, 6) is 0.915. The minimum absolute atomic E-state index is 0.305. The number of hydrogen-bond donors (Lipinski definition) is 0. The summed E-state index contributed by atoms with van der Waals surface area (Å²) in [6, 6.07) is 13.6. The largest absolute Gasteiger partial charge is 0.492 e. The quantitative estimate of drug-likeness (QED) is 0.623. The van der Waals surface area contributed by atoms with Gasteiger partial charge in [-0.3, -0.25) is 4.90 Å². The Balaban J connectivity index is 1.71. The summed E-state index contributed by atoms with van der Waals surface area (Å²) in [6.45, 7) is 8.17. The topological polar surface area (TPSA) is 42.7 Å². The van der Waals surface area contributed by atoms with Gasteiger partial charge in [-0.25, -0.2) is 4.79 Å². The van der Waals surface area contributed by atoms with Crippen LogP contribution in [0.5, 0.6) is 5.75 Å². The van der Waals surface area contributed by atoms with Gasteiger partial charge in [-0.05, 0) is 68.3 Å². The van der Waals surface area contributed by atoms with Gasteiger partial charge in [0.25, 0.3) is 0 Å². The third-order valence-electron chi connectivity index (χ3n) is 4.71. The Bertz CT molecular complexity index is 975. The van der Waals surface area contributed by atoms with Crippen LogP contribution >= 0.6 is 0 Å². The van der Waals surface area contributed by atoms with Crippen molar-refractivity contribution in [2.75, 3.05) is 20.2 Å². The summed E-state index contributed by atoms with van der Waals surface area (Å²) in [5.41, 5.74) is 4.78. The van der Waals surface area contributed by atoms with Crippen LogP contribution in [0.2, 0.25) is 0 Å². The molecule has 0 spiro atoms. The lowest BCUT2D eigenvalue weighted by molar-refractivity contribution is 0.232. The van der Waals surface area contributed by atoms with Crippen LogP contribution in [0.25, 0.3) is 11.0 Å². The third-order valence-corrected chi connectivity index (χ3v) is 4.71. The summed E-state index contributed by atoms with van der Waals surface area (Å²) >= 11 is 0. The van der Waals surface area contributed by atoms with E-state index in [0.29, 0.717) is 18.7 Å². The van der Waals surface area contributed by atoms with Gasteiger partial charge < -0.3 is 9.15 Å². The van der Waals surface area contributed by atoms with E-state index in [2.05, 4.69) is 17.9 Å². The van der Waals surface area contributed by atoms with Crippen LogP contribution in [0, 0.1) is 20.8 Å². The zero-order valence-corrected chi connectivity index (χ0v) is 15.8. The molecule has 0 amide bonds. The molecular formula is C22H25NO3. The molecule has 0 aliphatic rings. The van der Waals surface area contributed by atoms with E-state index >= 15 is 0 Å². The van der Waals surface area contributed by atoms with Gasteiger partial charge in [-0.15, -0.1) is 0 Å². The van der Waals surface area contributed by atoms with Gasteiger partial charge in [-0.2, -0.15) is 0 Å². The Hall–Kier alpha value is -2.59. The number of hydrogen-bond acceptors (Lipinski definition) is 4. The lowest BCUT2D eigenvalue weighted by Crippen LogP contribution is -2.24. The molecule has 0 aliphatic heterocycles. The van der Waals surface area contributed by atoms with Crippen LogP contribution < -0.4 is 10.4 Å². The fraction of sp³-hybridized carbons (Fsp3) is 0.318. The van der Waals surface area contributed by atoms with E-state index in [1.54, 1.807) is 6.07 Å². The van der Waals surface area contributed by atoms with Crippen molar-refractivity contribution in [3.63, 3.8) is 0 Å². The monoisotopic (exact) mass is 351 g/mol. The number of likely N-dealkylation sites (N-methyl/N-ethyl adjacent to an activating group) is 1. The van der Waals surface area contributed by atoms with Crippen molar-refractivity contribution in [2.24, 2.45) is 0 Å². The lowest BCUT2D eigenvalue weighted by Gasteiger charge is -2.18. The van der Waals surface area contributed by atoms with Crippen LogP contribution in [-0.2, 0) is 6.54 Å². The number of fused-ring (bicyclic) bond motifs is 1. The van der Waals surface area contributed by atoms with Crippen LogP contribution in [0.15, 0.2) is 51.7 Å². The maximum atomic E-state index is 11.9. The number of benzene rings is 2. The minimum Gasteiger partial charge on any atom is -0.492 e. The lowest BCUT2D eigenvalue weighted by atomic mass is 10.0. The predicted octanol–water partition coefficient (Wildman–Crippen LogP) is 4.23. The van der Waals surface area contributed by atoms with Crippen molar-refractivity contribution < 1.29 is 9.15 Å². The second-order valence-electron chi connectivity index (χ2n) is 6.88. The molecule has 3 aromatic rings. The molecule has 0 radical (unpaired) electrons. The highest BCUT2D eigenvalue weighted by Crippen LogP contribution is 2.22. The van der Waals surface area contributed by atoms with Crippen LogP contribution in [0.4, 0.5) is 0 Å². The summed E-state index contributed by atoms with van der Waals surface area (Å²) in [6.07, 6.45) is 0. The van der Waals surface area contributed by atoms with E-state index in [-0.39, 0.29) is 5.63 Å². The first kappa shape index (κ1) is 18.2. The Kier molecular flexibility index (Phi) is 5.43. The molecule has 2 aromatic carbocycles. The van der Waals surface area contributed by atoms with Gasteiger partial charge in [-0.1, -0.05) is 18.2 Å². The molecule has 0 unspecified atom stereocenters. The predicted molar refractivity (Wildman–Crippen MR) is 105 cm³/mol. The number of para-hydroxylation sites is 1. The SMILES string of the molecule is Cc1cc2oc(=O)cc(CN(C)CCOc3ccccc3C)c2cc1C. The standard InChI is InChI=1S/C22H25NO3/c1-15-7-5-6-8-20(15)25-10-9-23(4)14-18-13-22(24)26-21-12-17(3)16(2)11-19(18)21/h5-8,11-13H,9-10,14H2,1-4H3. The molecule has 4 nitrogen and oxygen atoms in total. The highest BCUT2D eigenvalue weighted by molar-refractivity contribution is 5.81. The first-order valence-electron chi connectivity index (χ1n) is 8.85. The van der Waals surface area contributed by atoms with Gasteiger partial charge in [0.05, 0.1) is 0 Å². The highest BCUT2D eigenvalue weighted by Gasteiger charge is 2.10. The van der Waals surface area contributed by atoms with Crippen molar-refractivity contribution >= 4 is 11.0 Å². The molecule has 0 atom stereocenters. The second-order valence-corrected chi connectivity index (χ2v) is 6.88. The van der Waals surface area contributed by atoms with Crippen molar-refractivity contribution in [1.29, 1.82) is 0 Å². The average molecular weight is 351 g/mol. The number of rotatable bonds is 6. The number of ether oxygens (including phenoxy) is 1. The molecule has 0 saturated heterocycles. The zero-order chi connectivity index (χ0) is 18.7. The molecular weight excluding hydrogens is 326 g/mol. The summed E-state index contributed by atoms with van der Waals surface area (Å²) in [5, 5.41) is 0.999. The second kappa shape index (κ2) is 7.75. The van der Waals surface area contributed by atoms with Gasteiger partial charge in [0, 0.05) is 24.5 Å². The van der Waals surface area contributed by atoms with E-state index in [1.165, 1.54) is 5.56 Å². The van der Waals surface area contributed by atoms with Gasteiger partial charge in [0.15, 0.2) is 0 Å². The number of aryl methyl sites for hydroxylation is 3. The maximum Gasteiger partial charge on any atom is 0.336 e. The molecule has 0 bridgehead atoms. The zero-order valence-electron chi connectivity index (χ0n) is 15.8. The fourth-order valence-corrected chi connectivity index (χ4v) is 3.01.